The van der Waals surface area contributed by atoms with Crippen LogP contribution in [0.5, 0.6) is 0 Å². The SMILES string of the molecule is CC(CC(=O)N1CCC[C@H](O)C1)c1ccc(N)cc1. The lowest BCUT2D eigenvalue weighted by atomic mass is 9.96. The second-order valence-corrected chi connectivity index (χ2v) is 5.41. The fourth-order valence-electron chi connectivity index (χ4n) is 2.51. The summed E-state index contributed by atoms with van der Waals surface area (Å²) in [4.78, 5) is 14.0. The molecule has 19 heavy (non-hydrogen) atoms. The summed E-state index contributed by atoms with van der Waals surface area (Å²) >= 11 is 0. The van der Waals surface area contributed by atoms with Crippen molar-refractivity contribution in [1.29, 1.82) is 0 Å². The van der Waals surface area contributed by atoms with E-state index in [2.05, 4.69) is 0 Å². The fourth-order valence-corrected chi connectivity index (χ4v) is 2.51. The van der Waals surface area contributed by atoms with E-state index < -0.39 is 0 Å². The Morgan fingerprint density at radius 3 is 2.79 bits per heavy atom. The highest BCUT2D eigenvalue weighted by Gasteiger charge is 2.23. The van der Waals surface area contributed by atoms with Crippen LogP contribution < -0.4 is 5.73 Å². The molecule has 0 aliphatic carbocycles. The van der Waals surface area contributed by atoms with Crippen LogP contribution in [0.4, 0.5) is 5.69 Å². The number of amides is 1. The van der Waals surface area contributed by atoms with Crippen molar-refractivity contribution in [3.05, 3.63) is 29.8 Å². The number of nitrogen functional groups attached to an aromatic ring is 1. The molecule has 1 fully saturated rings. The predicted molar refractivity (Wildman–Crippen MR) is 75.7 cm³/mol. The summed E-state index contributed by atoms with van der Waals surface area (Å²) in [5, 5.41) is 9.60. The topological polar surface area (TPSA) is 66.6 Å². The van der Waals surface area contributed by atoms with Crippen molar-refractivity contribution < 1.29 is 9.90 Å². The number of β-amino-alcohol motifs (C(OH)–C–C–N with tert-alkyl or cyclic N) is 1. The van der Waals surface area contributed by atoms with Gasteiger partial charge in [0.1, 0.15) is 0 Å². The Bertz CT molecular complexity index is 430. The summed E-state index contributed by atoms with van der Waals surface area (Å²) < 4.78 is 0. The first-order chi connectivity index (χ1) is 9.06. The average Bonchev–Trinajstić information content (AvgIpc) is 2.39. The van der Waals surface area contributed by atoms with Gasteiger partial charge in [-0.1, -0.05) is 19.1 Å². The number of piperidine rings is 1. The summed E-state index contributed by atoms with van der Waals surface area (Å²) in [6.45, 7) is 3.29. The van der Waals surface area contributed by atoms with Crippen LogP contribution >= 0.6 is 0 Å². The molecule has 1 heterocycles. The van der Waals surface area contributed by atoms with Gasteiger partial charge in [0.2, 0.25) is 5.91 Å². The van der Waals surface area contributed by atoms with E-state index in [4.69, 9.17) is 5.73 Å². The Labute approximate surface area is 114 Å². The third kappa shape index (κ3) is 3.70. The van der Waals surface area contributed by atoms with Gasteiger partial charge in [0.15, 0.2) is 0 Å². The number of nitrogens with two attached hydrogens (primary N) is 1. The Hall–Kier alpha value is -1.55. The number of benzene rings is 1. The van der Waals surface area contributed by atoms with Gasteiger partial charge < -0.3 is 15.7 Å². The quantitative estimate of drug-likeness (QED) is 0.815. The van der Waals surface area contributed by atoms with Gasteiger partial charge in [-0.25, -0.2) is 0 Å². The number of hydrogen-bond donors (Lipinski definition) is 2. The summed E-state index contributed by atoms with van der Waals surface area (Å²) in [5.41, 5.74) is 7.52. The van der Waals surface area contributed by atoms with Gasteiger partial charge in [0, 0.05) is 25.2 Å². The molecule has 104 valence electrons. The Balaban J connectivity index is 1.92. The molecule has 1 aromatic rings. The van der Waals surface area contributed by atoms with Gasteiger partial charge in [0.05, 0.1) is 6.10 Å². The highest BCUT2D eigenvalue weighted by Crippen LogP contribution is 2.22. The van der Waals surface area contributed by atoms with Crippen LogP contribution in [0.15, 0.2) is 24.3 Å². The van der Waals surface area contributed by atoms with Crippen molar-refractivity contribution in [3.8, 4) is 0 Å². The molecule has 4 heteroatoms. The van der Waals surface area contributed by atoms with Crippen molar-refractivity contribution >= 4 is 11.6 Å². The highest BCUT2D eigenvalue weighted by atomic mass is 16.3. The standard InChI is InChI=1S/C15H22N2O2/c1-11(12-4-6-13(16)7-5-12)9-15(19)17-8-2-3-14(18)10-17/h4-7,11,14,18H,2-3,8-10,16H2,1H3/t11?,14-/m0/s1. The first kappa shape index (κ1) is 13.9. The van der Waals surface area contributed by atoms with Crippen LogP contribution in [-0.2, 0) is 4.79 Å². The lowest BCUT2D eigenvalue weighted by Crippen LogP contribution is -2.42. The lowest BCUT2D eigenvalue weighted by molar-refractivity contribution is -0.134. The van der Waals surface area contributed by atoms with Gasteiger partial charge in [-0.3, -0.25) is 4.79 Å². The smallest absolute Gasteiger partial charge is 0.223 e. The first-order valence-electron chi connectivity index (χ1n) is 6.87. The van der Waals surface area contributed by atoms with Crippen molar-refractivity contribution in [2.75, 3.05) is 18.8 Å². The maximum absolute atomic E-state index is 12.2. The molecule has 0 radical (unpaired) electrons. The van der Waals surface area contributed by atoms with Crippen molar-refractivity contribution in [2.45, 2.75) is 38.2 Å². The lowest BCUT2D eigenvalue weighted by Gasteiger charge is -2.31. The van der Waals surface area contributed by atoms with E-state index >= 15 is 0 Å². The zero-order valence-electron chi connectivity index (χ0n) is 11.4. The van der Waals surface area contributed by atoms with E-state index in [1.54, 1.807) is 4.90 Å². The fraction of sp³-hybridized carbons (Fsp3) is 0.533. The number of carbonyl (C=O) groups is 1. The molecule has 1 aliphatic rings. The largest absolute Gasteiger partial charge is 0.399 e. The third-order valence-corrected chi connectivity index (χ3v) is 3.74. The van der Waals surface area contributed by atoms with E-state index in [1.165, 1.54) is 0 Å². The van der Waals surface area contributed by atoms with Crippen LogP contribution in [0.3, 0.4) is 0 Å². The Morgan fingerprint density at radius 1 is 1.47 bits per heavy atom. The molecule has 1 saturated heterocycles. The molecular weight excluding hydrogens is 240 g/mol. The van der Waals surface area contributed by atoms with E-state index in [0.717, 1.165) is 30.6 Å². The normalized spacial score (nSPS) is 21.2. The second kappa shape index (κ2) is 6.06. The molecule has 0 spiro atoms. The minimum absolute atomic E-state index is 0.128. The first-order valence-corrected chi connectivity index (χ1v) is 6.87. The second-order valence-electron chi connectivity index (χ2n) is 5.41. The molecule has 0 saturated carbocycles. The number of hydrogen-bond acceptors (Lipinski definition) is 3. The van der Waals surface area contributed by atoms with E-state index in [-0.39, 0.29) is 17.9 Å². The molecule has 1 aliphatic heterocycles. The van der Waals surface area contributed by atoms with E-state index in [1.807, 2.05) is 31.2 Å². The van der Waals surface area contributed by atoms with Crippen LogP contribution in [0.1, 0.15) is 37.7 Å². The van der Waals surface area contributed by atoms with Gasteiger partial charge >= 0.3 is 0 Å². The number of aliphatic hydroxyl groups is 1. The summed E-state index contributed by atoms with van der Waals surface area (Å²) in [7, 11) is 0. The van der Waals surface area contributed by atoms with Gasteiger partial charge in [-0.2, -0.15) is 0 Å². The molecule has 4 nitrogen and oxygen atoms in total. The molecule has 1 aromatic carbocycles. The number of carbonyl (C=O) groups excluding carboxylic acids is 1. The number of anilines is 1. The molecule has 3 N–H and O–H groups in total. The molecule has 0 bridgehead atoms. The van der Waals surface area contributed by atoms with E-state index in [0.29, 0.717) is 13.0 Å². The third-order valence-electron chi connectivity index (χ3n) is 3.74. The van der Waals surface area contributed by atoms with Crippen LogP contribution in [0.2, 0.25) is 0 Å². The van der Waals surface area contributed by atoms with Crippen molar-refractivity contribution in [2.24, 2.45) is 0 Å². The van der Waals surface area contributed by atoms with Gasteiger partial charge in [-0.15, -0.1) is 0 Å². The molecule has 2 rings (SSSR count). The number of nitrogens with zero attached hydrogens (tertiary/aromatic N) is 1. The maximum Gasteiger partial charge on any atom is 0.223 e. The zero-order chi connectivity index (χ0) is 13.8. The minimum Gasteiger partial charge on any atom is -0.399 e. The Kier molecular flexibility index (Phi) is 4.43. The predicted octanol–water partition coefficient (Wildman–Crippen LogP) is 1.75. The number of rotatable bonds is 3. The number of likely N-dealkylation sites (tertiary alicyclic amines) is 1. The summed E-state index contributed by atoms with van der Waals surface area (Å²) in [5.74, 6) is 0.301. The monoisotopic (exact) mass is 262 g/mol. The molecular formula is C15H22N2O2. The summed E-state index contributed by atoms with van der Waals surface area (Å²) in [6.07, 6.45) is 1.82. The van der Waals surface area contributed by atoms with Crippen LogP contribution in [0.25, 0.3) is 0 Å². The summed E-state index contributed by atoms with van der Waals surface area (Å²) in [6, 6.07) is 7.67. The van der Waals surface area contributed by atoms with Gasteiger partial charge in [-0.05, 0) is 36.5 Å². The van der Waals surface area contributed by atoms with Crippen LogP contribution in [0, 0.1) is 0 Å². The Morgan fingerprint density at radius 2 is 2.16 bits per heavy atom. The van der Waals surface area contributed by atoms with Crippen LogP contribution in [-0.4, -0.2) is 35.1 Å². The molecule has 0 aromatic heterocycles. The number of aliphatic hydroxyl groups excluding tert-OH is 1. The minimum atomic E-state index is -0.357. The van der Waals surface area contributed by atoms with Gasteiger partial charge in [0.25, 0.3) is 0 Å². The zero-order valence-corrected chi connectivity index (χ0v) is 11.4. The molecule has 1 unspecified atom stereocenters. The van der Waals surface area contributed by atoms with E-state index in [9.17, 15) is 9.90 Å². The van der Waals surface area contributed by atoms with Crippen molar-refractivity contribution in [1.82, 2.24) is 4.90 Å². The molecule has 2 atom stereocenters. The average molecular weight is 262 g/mol. The maximum atomic E-state index is 12.2. The van der Waals surface area contributed by atoms with Crippen molar-refractivity contribution in [3.63, 3.8) is 0 Å². The molecule has 1 amide bonds. The highest BCUT2D eigenvalue weighted by molar-refractivity contribution is 5.77.